The lowest BCUT2D eigenvalue weighted by Gasteiger charge is -2.59. The van der Waals surface area contributed by atoms with Crippen molar-refractivity contribution in [1.29, 1.82) is 0 Å². The number of carbonyl (C=O) groups is 2. The van der Waals surface area contributed by atoms with Gasteiger partial charge in [-0.1, -0.05) is 6.92 Å². The molecule has 0 bridgehead atoms. The molecule has 1 N–H and O–H groups in total. The highest BCUT2D eigenvalue weighted by Gasteiger charge is 2.61. The SMILES string of the molecule is C[C@]12CC[C@H]3[C@@H](CC[C@H]4CC(=O)CC[C@@]43CO)[C@@H]1CCC2=O.Cl. The summed E-state index contributed by atoms with van der Waals surface area (Å²) in [5.74, 6) is 2.93. The highest BCUT2D eigenvalue weighted by molar-refractivity contribution is 5.87. The number of hydrogen-bond donors (Lipinski definition) is 1. The molecule has 0 radical (unpaired) electrons. The molecule has 6 atom stereocenters. The zero-order chi connectivity index (χ0) is 15.5. The van der Waals surface area contributed by atoms with Crippen LogP contribution in [0.2, 0.25) is 0 Å². The Balaban J connectivity index is 0.00000156. The van der Waals surface area contributed by atoms with Crippen molar-refractivity contribution in [3.8, 4) is 0 Å². The van der Waals surface area contributed by atoms with Crippen molar-refractivity contribution in [2.75, 3.05) is 6.61 Å². The molecule has 0 aromatic heterocycles. The van der Waals surface area contributed by atoms with E-state index in [1.54, 1.807) is 0 Å². The van der Waals surface area contributed by atoms with Gasteiger partial charge in [0.05, 0.1) is 0 Å². The topological polar surface area (TPSA) is 54.4 Å². The molecule has 4 aliphatic rings. The van der Waals surface area contributed by atoms with Gasteiger partial charge in [-0.15, -0.1) is 12.4 Å². The Kier molecular flexibility index (Phi) is 4.42. The Morgan fingerprint density at radius 2 is 1.83 bits per heavy atom. The van der Waals surface area contributed by atoms with Gasteiger partial charge in [0.15, 0.2) is 0 Å². The number of Topliss-reactive ketones (excluding diaryl/α,β-unsaturated/α-hetero) is 2. The van der Waals surface area contributed by atoms with Gasteiger partial charge in [0, 0.05) is 36.7 Å². The summed E-state index contributed by atoms with van der Waals surface area (Å²) in [4.78, 5) is 24.3. The Hall–Kier alpha value is -0.410. The second-order valence-electron chi connectivity index (χ2n) is 8.70. The summed E-state index contributed by atoms with van der Waals surface area (Å²) in [6.07, 6.45) is 8.36. The Labute approximate surface area is 145 Å². The minimum absolute atomic E-state index is 0. The maximum absolute atomic E-state index is 12.4. The Morgan fingerprint density at radius 3 is 2.57 bits per heavy atom. The fourth-order valence-electron chi connectivity index (χ4n) is 6.93. The number of halogens is 1. The van der Waals surface area contributed by atoms with Gasteiger partial charge in [0.1, 0.15) is 11.6 Å². The molecule has 4 aliphatic carbocycles. The first-order chi connectivity index (χ1) is 10.5. The highest BCUT2D eigenvalue weighted by atomic mass is 35.5. The molecule has 130 valence electrons. The van der Waals surface area contributed by atoms with Crippen LogP contribution >= 0.6 is 12.4 Å². The van der Waals surface area contributed by atoms with Gasteiger partial charge in [-0.3, -0.25) is 9.59 Å². The first-order valence-corrected chi connectivity index (χ1v) is 9.17. The van der Waals surface area contributed by atoms with Gasteiger partial charge in [0.2, 0.25) is 0 Å². The third-order valence-electron chi connectivity index (χ3n) is 8.18. The molecule has 0 spiro atoms. The normalized spacial score (nSPS) is 49.0. The van der Waals surface area contributed by atoms with Crippen molar-refractivity contribution in [3.63, 3.8) is 0 Å². The van der Waals surface area contributed by atoms with Crippen molar-refractivity contribution in [1.82, 2.24) is 0 Å². The molecule has 0 saturated heterocycles. The number of hydrogen-bond acceptors (Lipinski definition) is 3. The summed E-state index contributed by atoms with van der Waals surface area (Å²) in [5.41, 5.74) is -0.112. The van der Waals surface area contributed by atoms with Crippen molar-refractivity contribution in [2.45, 2.75) is 64.7 Å². The van der Waals surface area contributed by atoms with Crippen molar-refractivity contribution in [2.24, 2.45) is 34.5 Å². The highest BCUT2D eigenvalue weighted by Crippen LogP contribution is 2.65. The zero-order valence-corrected chi connectivity index (χ0v) is 14.9. The summed E-state index contributed by atoms with van der Waals surface area (Å²) in [6.45, 7) is 2.44. The Bertz CT molecular complexity index is 519. The van der Waals surface area contributed by atoms with Crippen molar-refractivity contribution < 1.29 is 14.7 Å². The van der Waals surface area contributed by atoms with Gasteiger partial charge in [-0.25, -0.2) is 0 Å². The van der Waals surface area contributed by atoms with Crippen LogP contribution in [-0.2, 0) is 9.59 Å². The smallest absolute Gasteiger partial charge is 0.139 e. The molecule has 3 nitrogen and oxygen atoms in total. The van der Waals surface area contributed by atoms with E-state index < -0.39 is 0 Å². The number of carbonyl (C=O) groups excluding carboxylic acids is 2. The molecule has 0 amide bonds. The van der Waals surface area contributed by atoms with E-state index in [9.17, 15) is 14.7 Å². The first-order valence-electron chi connectivity index (χ1n) is 9.17. The number of rotatable bonds is 1. The third kappa shape index (κ3) is 2.26. The van der Waals surface area contributed by atoms with Crippen LogP contribution in [0.3, 0.4) is 0 Å². The molecule has 0 aromatic carbocycles. The van der Waals surface area contributed by atoms with Crippen molar-refractivity contribution >= 4 is 24.0 Å². The van der Waals surface area contributed by atoms with Crippen LogP contribution in [0.5, 0.6) is 0 Å². The van der Waals surface area contributed by atoms with E-state index in [1.165, 1.54) is 0 Å². The summed E-state index contributed by atoms with van der Waals surface area (Å²) in [5, 5.41) is 10.3. The van der Waals surface area contributed by atoms with E-state index in [2.05, 4.69) is 6.92 Å². The molecular formula is C19H29ClO3. The second-order valence-corrected chi connectivity index (χ2v) is 8.70. The van der Waals surface area contributed by atoms with Crippen LogP contribution < -0.4 is 0 Å². The largest absolute Gasteiger partial charge is 0.396 e. The summed E-state index contributed by atoms with van der Waals surface area (Å²) >= 11 is 0. The summed E-state index contributed by atoms with van der Waals surface area (Å²) < 4.78 is 0. The molecule has 0 aromatic rings. The van der Waals surface area contributed by atoms with Crippen LogP contribution in [0.15, 0.2) is 0 Å². The van der Waals surface area contributed by atoms with E-state index in [0.29, 0.717) is 48.1 Å². The second kappa shape index (κ2) is 5.84. The predicted molar refractivity (Wildman–Crippen MR) is 90.4 cm³/mol. The fourth-order valence-corrected chi connectivity index (χ4v) is 6.93. The standard InChI is InChI=1S/C19H28O3.ClH/c1-18-8-7-16-14(15(18)4-5-17(18)22)3-2-12-10-13(21)6-9-19(12,16)11-20;/h12,14-16,20H,2-11H2,1H3;1H/t12-,14-,15-,16-,18-,19+;/m0./s1. The fraction of sp³-hybridized carbons (Fsp3) is 0.895. The first kappa shape index (κ1) is 17.4. The van der Waals surface area contributed by atoms with Crippen LogP contribution in [0, 0.1) is 34.5 Å². The van der Waals surface area contributed by atoms with E-state index in [-0.39, 0.29) is 29.8 Å². The monoisotopic (exact) mass is 340 g/mol. The molecule has 4 heteroatoms. The molecule has 4 fully saturated rings. The maximum atomic E-state index is 12.4. The number of aliphatic hydroxyl groups excluding tert-OH is 1. The summed E-state index contributed by atoms with van der Waals surface area (Å²) in [6, 6.07) is 0. The Morgan fingerprint density at radius 1 is 1.04 bits per heavy atom. The van der Waals surface area contributed by atoms with E-state index in [4.69, 9.17) is 0 Å². The maximum Gasteiger partial charge on any atom is 0.139 e. The lowest BCUT2D eigenvalue weighted by Crippen LogP contribution is -2.56. The molecule has 0 unspecified atom stereocenters. The van der Waals surface area contributed by atoms with Crippen LogP contribution in [0.4, 0.5) is 0 Å². The molecule has 0 heterocycles. The van der Waals surface area contributed by atoms with Gasteiger partial charge in [0.25, 0.3) is 0 Å². The van der Waals surface area contributed by atoms with Crippen LogP contribution in [0.25, 0.3) is 0 Å². The summed E-state index contributed by atoms with van der Waals surface area (Å²) in [7, 11) is 0. The van der Waals surface area contributed by atoms with Gasteiger partial charge in [-0.2, -0.15) is 0 Å². The zero-order valence-electron chi connectivity index (χ0n) is 14.1. The average Bonchev–Trinajstić information content (AvgIpc) is 2.82. The van der Waals surface area contributed by atoms with E-state index in [1.807, 2.05) is 0 Å². The van der Waals surface area contributed by atoms with Gasteiger partial charge in [-0.05, 0) is 62.2 Å². The molecular weight excluding hydrogens is 312 g/mol. The number of aliphatic hydroxyl groups is 1. The molecule has 4 rings (SSSR count). The average molecular weight is 341 g/mol. The number of fused-ring (bicyclic) bond motifs is 5. The molecule has 4 saturated carbocycles. The minimum Gasteiger partial charge on any atom is -0.396 e. The minimum atomic E-state index is -0.0882. The van der Waals surface area contributed by atoms with Gasteiger partial charge >= 0.3 is 0 Å². The van der Waals surface area contributed by atoms with Crippen molar-refractivity contribution in [3.05, 3.63) is 0 Å². The van der Waals surface area contributed by atoms with Gasteiger partial charge < -0.3 is 5.11 Å². The molecule has 23 heavy (non-hydrogen) atoms. The lowest BCUT2D eigenvalue weighted by atomic mass is 9.45. The predicted octanol–water partition coefficient (Wildman–Crippen LogP) is 3.56. The lowest BCUT2D eigenvalue weighted by molar-refractivity contribution is -0.154. The van der Waals surface area contributed by atoms with Crippen LogP contribution in [-0.4, -0.2) is 23.3 Å². The number of ketones is 2. The van der Waals surface area contributed by atoms with E-state index >= 15 is 0 Å². The quantitative estimate of drug-likeness (QED) is 0.794. The molecule has 0 aliphatic heterocycles. The third-order valence-corrected chi connectivity index (χ3v) is 8.18. The van der Waals surface area contributed by atoms with E-state index in [0.717, 1.165) is 44.9 Å². The van der Waals surface area contributed by atoms with Crippen LogP contribution in [0.1, 0.15) is 64.7 Å².